The van der Waals surface area contributed by atoms with Crippen LogP contribution in [0.25, 0.3) is 0 Å². The Hall–Kier alpha value is 0.310. The lowest BCUT2D eigenvalue weighted by molar-refractivity contribution is 0.267. The molecule has 1 aliphatic heterocycles. The third kappa shape index (κ3) is 3.39. The summed E-state index contributed by atoms with van der Waals surface area (Å²) < 4.78 is 0. The van der Waals surface area contributed by atoms with E-state index < -0.39 is 0 Å². The number of rotatable bonds is 3. The van der Waals surface area contributed by atoms with Gasteiger partial charge >= 0.3 is 0 Å². The molecule has 0 radical (unpaired) electrons. The van der Waals surface area contributed by atoms with Gasteiger partial charge < -0.3 is 5.32 Å². The largest absolute Gasteiger partial charge is 0.310 e. The smallest absolute Gasteiger partial charge is 0.0171 e. The van der Waals surface area contributed by atoms with Crippen LogP contribution in [0.2, 0.25) is 0 Å². The molecule has 2 fully saturated rings. The summed E-state index contributed by atoms with van der Waals surface area (Å²) in [5, 5.41) is 4.73. The molecule has 1 saturated carbocycles. The lowest BCUT2D eigenvalue weighted by atomic mass is 9.84. The highest BCUT2D eigenvalue weighted by molar-refractivity contribution is 8.00. The van der Waals surface area contributed by atoms with E-state index in [1.807, 2.05) is 0 Å². The molecule has 0 bridgehead atoms. The molecule has 0 spiro atoms. The first-order valence-electron chi connectivity index (χ1n) is 6.63. The van der Waals surface area contributed by atoms with Crippen molar-refractivity contribution in [2.75, 3.05) is 5.75 Å². The van der Waals surface area contributed by atoms with Crippen molar-refractivity contribution >= 4 is 11.8 Å². The predicted molar refractivity (Wildman–Crippen MR) is 69.5 cm³/mol. The van der Waals surface area contributed by atoms with Crippen molar-refractivity contribution in [2.45, 2.75) is 69.7 Å². The molecule has 1 heterocycles. The van der Waals surface area contributed by atoms with E-state index in [2.05, 4.69) is 30.9 Å². The van der Waals surface area contributed by atoms with Crippen LogP contribution >= 0.6 is 11.8 Å². The Morgan fingerprint density at radius 2 is 1.93 bits per heavy atom. The molecule has 1 saturated heterocycles. The van der Waals surface area contributed by atoms with Crippen molar-refractivity contribution in [1.82, 2.24) is 5.32 Å². The number of hydrogen-bond acceptors (Lipinski definition) is 2. The van der Waals surface area contributed by atoms with Crippen molar-refractivity contribution < 1.29 is 0 Å². The molecule has 0 amide bonds. The number of nitrogens with one attached hydrogen (secondary N) is 1. The van der Waals surface area contributed by atoms with Crippen molar-refractivity contribution in [3.63, 3.8) is 0 Å². The zero-order valence-electron chi connectivity index (χ0n) is 10.2. The minimum absolute atomic E-state index is 0.751. The first kappa shape index (κ1) is 11.8. The van der Waals surface area contributed by atoms with Gasteiger partial charge in [-0.2, -0.15) is 11.8 Å². The maximum atomic E-state index is 3.86. The van der Waals surface area contributed by atoms with E-state index in [4.69, 9.17) is 0 Å². The van der Waals surface area contributed by atoms with Gasteiger partial charge in [0.25, 0.3) is 0 Å². The molecule has 0 aromatic heterocycles. The average molecular weight is 227 g/mol. The molecule has 1 aliphatic carbocycles. The Morgan fingerprint density at radius 1 is 1.20 bits per heavy atom. The van der Waals surface area contributed by atoms with Crippen molar-refractivity contribution in [2.24, 2.45) is 5.92 Å². The van der Waals surface area contributed by atoms with Gasteiger partial charge in [0.15, 0.2) is 0 Å². The van der Waals surface area contributed by atoms with E-state index in [-0.39, 0.29) is 0 Å². The summed E-state index contributed by atoms with van der Waals surface area (Å²) in [6.45, 7) is 4.77. The molecule has 1 N–H and O–H groups in total. The van der Waals surface area contributed by atoms with Crippen LogP contribution in [0, 0.1) is 5.92 Å². The minimum Gasteiger partial charge on any atom is -0.310 e. The van der Waals surface area contributed by atoms with Gasteiger partial charge in [0.2, 0.25) is 0 Å². The molecule has 0 aromatic carbocycles. The van der Waals surface area contributed by atoms with Gasteiger partial charge in [-0.15, -0.1) is 0 Å². The zero-order chi connectivity index (χ0) is 10.7. The Bertz CT molecular complexity index is 189. The molecule has 2 heteroatoms. The van der Waals surface area contributed by atoms with Gasteiger partial charge in [0.05, 0.1) is 0 Å². The fourth-order valence-corrected chi connectivity index (χ4v) is 4.24. The first-order valence-corrected chi connectivity index (χ1v) is 7.68. The summed E-state index contributed by atoms with van der Waals surface area (Å²) in [7, 11) is 0. The number of thioether (sulfide) groups is 1. The van der Waals surface area contributed by atoms with Crippen LogP contribution in [-0.4, -0.2) is 23.1 Å². The second-order valence-electron chi connectivity index (χ2n) is 5.43. The molecular formula is C13H25NS. The monoisotopic (exact) mass is 227 g/mol. The van der Waals surface area contributed by atoms with Crippen LogP contribution in [-0.2, 0) is 0 Å². The molecule has 15 heavy (non-hydrogen) atoms. The van der Waals surface area contributed by atoms with E-state index in [0.717, 1.165) is 23.3 Å². The average Bonchev–Trinajstić information content (AvgIpc) is 2.65. The quantitative estimate of drug-likeness (QED) is 0.792. The topological polar surface area (TPSA) is 12.0 Å². The Kier molecular flexibility index (Phi) is 4.39. The third-order valence-corrected chi connectivity index (χ3v) is 5.41. The standard InChI is InChI=1S/C13H25NS/c1-10-8-13(9-15-10)14-11(2)12-6-4-3-5-7-12/h10-14H,3-9H2,1-2H3/t10?,11-,13?/m1/s1. The lowest BCUT2D eigenvalue weighted by Gasteiger charge is -2.30. The summed E-state index contributed by atoms with van der Waals surface area (Å²) in [5.74, 6) is 2.29. The van der Waals surface area contributed by atoms with E-state index in [1.54, 1.807) is 0 Å². The maximum absolute atomic E-state index is 3.86. The van der Waals surface area contributed by atoms with Gasteiger partial charge in [0.1, 0.15) is 0 Å². The fourth-order valence-electron chi connectivity index (χ4n) is 3.08. The Balaban J connectivity index is 1.73. The highest BCUT2D eigenvalue weighted by atomic mass is 32.2. The highest BCUT2D eigenvalue weighted by Gasteiger charge is 2.26. The molecule has 88 valence electrons. The van der Waals surface area contributed by atoms with E-state index in [9.17, 15) is 0 Å². The molecule has 2 unspecified atom stereocenters. The van der Waals surface area contributed by atoms with Crippen LogP contribution in [0.5, 0.6) is 0 Å². The number of hydrogen-bond donors (Lipinski definition) is 1. The van der Waals surface area contributed by atoms with Crippen LogP contribution in [0.4, 0.5) is 0 Å². The zero-order valence-corrected chi connectivity index (χ0v) is 11.0. The second-order valence-corrected chi connectivity index (χ2v) is 6.90. The lowest BCUT2D eigenvalue weighted by Crippen LogP contribution is -2.41. The van der Waals surface area contributed by atoms with Crippen LogP contribution in [0.1, 0.15) is 52.4 Å². The van der Waals surface area contributed by atoms with Gasteiger partial charge in [-0.1, -0.05) is 26.2 Å². The van der Waals surface area contributed by atoms with Crippen LogP contribution in [0.3, 0.4) is 0 Å². The summed E-state index contributed by atoms with van der Waals surface area (Å²) in [6, 6.07) is 1.54. The summed E-state index contributed by atoms with van der Waals surface area (Å²) in [5.41, 5.74) is 0. The van der Waals surface area contributed by atoms with Crippen molar-refractivity contribution in [3.05, 3.63) is 0 Å². The van der Waals surface area contributed by atoms with Gasteiger partial charge in [-0.3, -0.25) is 0 Å². The molecule has 2 rings (SSSR count). The summed E-state index contributed by atoms with van der Waals surface area (Å²) in [6.07, 6.45) is 8.70. The van der Waals surface area contributed by atoms with E-state index in [1.165, 1.54) is 44.3 Å². The fraction of sp³-hybridized carbons (Fsp3) is 1.00. The Labute approximate surface area is 98.8 Å². The normalized spacial score (nSPS) is 35.6. The molecular weight excluding hydrogens is 202 g/mol. The van der Waals surface area contributed by atoms with Crippen LogP contribution in [0.15, 0.2) is 0 Å². The van der Waals surface area contributed by atoms with E-state index in [0.29, 0.717) is 0 Å². The van der Waals surface area contributed by atoms with Gasteiger partial charge in [0, 0.05) is 23.1 Å². The highest BCUT2D eigenvalue weighted by Crippen LogP contribution is 2.29. The minimum atomic E-state index is 0.751. The SMILES string of the molecule is CC1CC(N[C@H](C)C2CCCCC2)CS1. The predicted octanol–water partition coefficient (Wildman–Crippen LogP) is 3.44. The third-order valence-electron chi connectivity index (χ3n) is 4.05. The van der Waals surface area contributed by atoms with Gasteiger partial charge in [-0.05, 0) is 32.1 Å². The molecule has 0 aromatic rings. The summed E-state index contributed by atoms with van der Waals surface area (Å²) in [4.78, 5) is 0. The van der Waals surface area contributed by atoms with E-state index >= 15 is 0 Å². The van der Waals surface area contributed by atoms with Gasteiger partial charge in [-0.25, -0.2) is 0 Å². The molecule has 1 nitrogen and oxygen atoms in total. The molecule has 2 aliphatic rings. The molecule has 3 atom stereocenters. The maximum Gasteiger partial charge on any atom is 0.0171 e. The second kappa shape index (κ2) is 5.58. The van der Waals surface area contributed by atoms with Crippen molar-refractivity contribution in [3.8, 4) is 0 Å². The van der Waals surface area contributed by atoms with Crippen LogP contribution < -0.4 is 5.32 Å². The summed E-state index contributed by atoms with van der Waals surface area (Å²) >= 11 is 2.13. The Morgan fingerprint density at radius 3 is 2.53 bits per heavy atom. The van der Waals surface area contributed by atoms with Crippen molar-refractivity contribution in [1.29, 1.82) is 0 Å². The first-order chi connectivity index (χ1) is 7.25.